The van der Waals surface area contributed by atoms with Crippen molar-refractivity contribution in [3.8, 4) is 5.75 Å². The zero-order chi connectivity index (χ0) is 17.0. The number of rotatable bonds is 0. The molecule has 0 saturated heterocycles. The van der Waals surface area contributed by atoms with Gasteiger partial charge < -0.3 is 5.11 Å². The summed E-state index contributed by atoms with van der Waals surface area (Å²) in [7, 11) is 0. The van der Waals surface area contributed by atoms with E-state index in [0.717, 1.165) is 0 Å². The van der Waals surface area contributed by atoms with E-state index in [1.165, 1.54) is 16.7 Å². The zero-order valence-electron chi connectivity index (χ0n) is 15.1. The predicted molar refractivity (Wildman–Crippen MR) is 96.7 cm³/mol. The van der Waals surface area contributed by atoms with Crippen molar-refractivity contribution < 1.29 is 5.11 Å². The van der Waals surface area contributed by atoms with Gasteiger partial charge in [0.1, 0.15) is 5.75 Å². The number of phenolic OH excluding ortho intramolecular Hbond substituents is 1. The molecule has 0 aliphatic rings. The normalized spacial score (nSPS) is 11.6. The molecule has 1 nitrogen and oxygen atoms in total. The summed E-state index contributed by atoms with van der Waals surface area (Å²) >= 11 is 0. The van der Waals surface area contributed by atoms with E-state index >= 15 is 0 Å². The molecule has 0 atom stereocenters. The Morgan fingerprint density at radius 3 is 1.55 bits per heavy atom. The third kappa shape index (κ3) is 5.22. The van der Waals surface area contributed by atoms with Gasteiger partial charge in [-0.05, 0) is 46.6 Å². The van der Waals surface area contributed by atoms with Gasteiger partial charge in [-0.1, -0.05) is 77.9 Å². The first-order chi connectivity index (χ1) is 10.0. The fraction of sp³-hybridized carbons (Fsp3) is 0.429. The first kappa shape index (κ1) is 18.3. The minimum absolute atomic E-state index is 0.230. The Morgan fingerprint density at radius 2 is 1.23 bits per heavy atom. The van der Waals surface area contributed by atoms with E-state index in [1.807, 2.05) is 6.07 Å². The maximum absolute atomic E-state index is 8.63. The Morgan fingerprint density at radius 1 is 0.682 bits per heavy atom. The van der Waals surface area contributed by atoms with E-state index in [-0.39, 0.29) is 10.8 Å². The molecule has 2 aromatic carbocycles. The van der Waals surface area contributed by atoms with Gasteiger partial charge in [0.25, 0.3) is 0 Å². The van der Waals surface area contributed by atoms with E-state index < -0.39 is 0 Å². The average molecular weight is 298 g/mol. The fourth-order valence-corrected chi connectivity index (χ4v) is 2.72. The molecule has 0 spiro atoms. The lowest BCUT2D eigenvalue weighted by Gasteiger charge is -2.31. The van der Waals surface area contributed by atoms with Crippen molar-refractivity contribution in [3.63, 3.8) is 0 Å². The highest BCUT2D eigenvalue weighted by Crippen LogP contribution is 2.35. The number of hydrogen-bond donors (Lipinski definition) is 1. The minimum atomic E-state index is 0.230. The van der Waals surface area contributed by atoms with Crippen LogP contribution in [0.3, 0.4) is 0 Å². The van der Waals surface area contributed by atoms with E-state index in [4.69, 9.17) is 5.11 Å². The maximum Gasteiger partial charge on any atom is 0.115 e. The van der Waals surface area contributed by atoms with E-state index in [1.54, 1.807) is 24.3 Å². The van der Waals surface area contributed by atoms with Gasteiger partial charge in [0, 0.05) is 0 Å². The molecule has 0 aromatic heterocycles. The van der Waals surface area contributed by atoms with Gasteiger partial charge in [-0.3, -0.25) is 0 Å². The van der Waals surface area contributed by atoms with Gasteiger partial charge in [0.2, 0.25) is 0 Å². The summed E-state index contributed by atoms with van der Waals surface area (Å²) in [6, 6.07) is 15.4. The first-order valence-corrected chi connectivity index (χ1v) is 7.88. The molecule has 2 aromatic rings. The second kappa shape index (κ2) is 7.00. The molecule has 2 rings (SSSR count). The van der Waals surface area contributed by atoms with Crippen LogP contribution in [0.5, 0.6) is 5.75 Å². The van der Waals surface area contributed by atoms with Gasteiger partial charge >= 0.3 is 0 Å². The highest BCUT2D eigenvalue weighted by atomic mass is 16.3. The van der Waals surface area contributed by atoms with Crippen LogP contribution in [0, 0.1) is 6.92 Å². The lowest BCUT2D eigenvalue weighted by molar-refractivity contribution is 0.475. The van der Waals surface area contributed by atoms with Gasteiger partial charge in [-0.2, -0.15) is 0 Å². The second-order valence-electron chi connectivity index (χ2n) is 7.83. The molecule has 0 fully saturated rings. The lowest BCUT2D eigenvalue weighted by atomic mass is 9.73. The third-order valence-electron chi connectivity index (χ3n) is 3.59. The molecule has 0 unspecified atom stereocenters. The maximum atomic E-state index is 8.63. The smallest absolute Gasteiger partial charge is 0.115 e. The highest BCUT2D eigenvalue weighted by Gasteiger charge is 2.25. The fourth-order valence-electron chi connectivity index (χ4n) is 2.72. The van der Waals surface area contributed by atoms with Crippen molar-refractivity contribution >= 4 is 0 Å². The SMILES string of the molecule is Cc1cccc(C(C)(C)C)c1C(C)(C)C.Oc1ccccc1. The molecule has 0 heterocycles. The number of para-hydroxylation sites is 1. The van der Waals surface area contributed by atoms with Crippen molar-refractivity contribution in [2.75, 3.05) is 0 Å². The summed E-state index contributed by atoms with van der Waals surface area (Å²) in [6.45, 7) is 16.0. The van der Waals surface area contributed by atoms with Crippen LogP contribution in [0.2, 0.25) is 0 Å². The quantitative estimate of drug-likeness (QED) is 0.634. The number of aryl methyl sites for hydroxylation is 1. The molecule has 1 heteroatoms. The Kier molecular flexibility index (Phi) is 5.82. The van der Waals surface area contributed by atoms with Crippen LogP contribution >= 0.6 is 0 Å². The van der Waals surface area contributed by atoms with Crippen molar-refractivity contribution in [3.05, 3.63) is 65.2 Å². The lowest BCUT2D eigenvalue weighted by Crippen LogP contribution is -2.23. The van der Waals surface area contributed by atoms with Crippen LogP contribution in [0.15, 0.2) is 48.5 Å². The van der Waals surface area contributed by atoms with Gasteiger partial charge in [0.15, 0.2) is 0 Å². The van der Waals surface area contributed by atoms with Crippen molar-refractivity contribution in [2.45, 2.75) is 59.3 Å². The Labute approximate surface area is 136 Å². The van der Waals surface area contributed by atoms with Crippen LogP contribution in [-0.4, -0.2) is 5.11 Å². The summed E-state index contributed by atoms with van der Waals surface area (Å²) in [5.74, 6) is 0.322. The van der Waals surface area contributed by atoms with E-state index in [2.05, 4.69) is 66.7 Å². The molecule has 120 valence electrons. The number of benzene rings is 2. The monoisotopic (exact) mass is 298 g/mol. The number of hydrogen-bond acceptors (Lipinski definition) is 1. The highest BCUT2D eigenvalue weighted by molar-refractivity contribution is 5.42. The molecule has 0 radical (unpaired) electrons. The Hall–Kier alpha value is -1.76. The Bertz CT molecular complexity index is 584. The van der Waals surface area contributed by atoms with Crippen molar-refractivity contribution in [1.29, 1.82) is 0 Å². The minimum Gasteiger partial charge on any atom is -0.508 e. The number of aromatic hydroxyl groups is 1. The molecule has 0 aliphatic heterocycles. The summed E-state index contributed by atoms with van der Waals surface area (Å²) < 4.78 is 0. The largest absolute Gasteiger partial charge is 0.508 e. The zero-order valence-corrected chi connectivity index (χ0v) is 15.1. The van der Waals surface area contributed by atoms with Crippen LogP contribution in [0.25, 0.3) is 0 Å². The summed E-state index contributed by atoms with van der Waals surface area (Å²) in [4.78, 5) is 0. The van der Waals surface area contributed by atoms with Crippen molar-refractivity contribution in [2.24, 2.45) is 0 Å². The number of phenols is 1. The summed E-state index contributed by atoms with van der Waals surface area (Å²) in [5.41, 5.74) is 4.87. The van der Waals surface area contributed by atoms with Crippen LogP contribution in [0.4, 0.5) is 0 Å². The summed E-state index contributed by atoms with van der Waals surface area (Å²) in [5, 5.41) is 8.63. The van der Waals surface area contributed by atoms with Gasteiger partial charge in [0.05, 0.1) is 0 Å². The van der Waals surface area contributed by atoms with Gasteiger partial charge in [-0.15, -0.1) is 0 Å². The molecule has 0 aliphatic carbocycles. The second-order valence-corrected chi connectivity index (χ2v) is 7.83. The van der Waals surface area contributed by atoms with Crippen LogP contribution < -0.4 is 0 Å². The van der Waals surface area contributed by atoms with Crippen molar-refractivity contribution in [1.82, 2.24) is 0 Å². The topological polar surface area (TPSA) is 20.2 Å². The standard InChI is InChI=1S/C15H24.C6H6O/c1-11-9-8-10-12(14(2,3)4)13(11)15(5,6)7;7-6-4-2-1-3-5-6/h8-10H,1-7H3;1-5,7H. The van der Waals surface area contributed by atoms with Gasteiger partial charge in [-0.25, -0.2) is 0 Å². The molecule has 1 N–H and O–H groups in total. The molecular formula is C21H30O. The van der Waals surface area contributed by atoms with E-state index in [9.17, 15) is 0 Å². The molecule has 22 heavy (non-hydrogen) atoms. The average Bonchev–Trinajstić information content (AvgIpc) is 2.37. The Balaban J connectivity index is 0.000000287. The summed E-state index contributed by atoms with van der Waals surface area (Å²) in [6.07, 6.45) is 0. The third-order valence-corrected chi connectivity index (χ3v) is 3.59. The van der Waals surface area contributed by atoms with Crippen LogP contribution in [-0.2, 0) is 10.8 Å². The predicted octanol–water partition coefficient (Wildman–Crippen LogP) is 5.98. The van der Waals surface area contributed by atoms with Crippen LogP contribution in [0.1, 0.15) is 58.2 Å². The molecular weight excluding hydrogens is 268 g/mol. The molecule has 0 amide bonds. The molecule has 0 saturated carbocycles. The molecule has 0 bridgehead atoms. The first-order valence-electron chi connectivity index (χ1n) is 7.88. The van der Waals surface area contributed by atoms with E-state index in [0.29, 0.717) is 5.75 Å².